The third-order valence-corrected chi connectivity index (χ3v) is 3.21. The standard InChI is InChI=1S/C13H18N2O2/c1-13(17)6-7-15(9-13)8-10-4-2-3-5-11(10)12(14)16/h2-5,17H,6-9H2,1H3,(H2,14,16). The molecule has 4 nitrogen and oxygen atoms in total. The molecule has 1 unspecified atom stereocenters. The summed E-state index contributed by atoms with van der Waals surface area (Å²) in [5, 5.41) is 9.89. The summed E-state index contributed by atoms with van der Waals surface area (Å²) in [4.78, 5) is 13.4. The van der Waals surface area contributed by atoms with Crippen LogP contribution in [0.2, 0.25) is 0 Å². The highest BCUT2D eigenvalue weighted by Crippen LogP contribution is 2.22. The quantitative estimate of drug-likeness (QED) is 0.810. The Morgan fingerprint density at radius 1 is 1.53 bits per heavy atom. The largest absolute Gasteiger partial charge is 0.389 e. The molecule has 1 aromatic carbocycles. The van der Waals surface area contributed by atoms with E-state index >= 15 is 0 Å². The van der Waals surface area contributed by atoms with E-state index in [2.05, 4.69) is 4.90 Å². The summed E-state index contributed by atoms with van der Waals surface area (Å²) in [6.45, 7) is 3.99. The summed E-state index contributed by atoms with van der Waals surface area (Å²) in [5.74, 6) is -0.397. The molecule has 1 atom stereocenters. The zero-order valence-electron chi connectivity index (χ0n) is 10.0. The van der Waals surface area contributed by atoms with Crippen LogP contribution in [0, 0.1) is 0 Å². The number of primary amides is 1. The zero-order valence-corrected chi connectivity index (χ0v) is 10.0. The van der Waals surface area contributed by atoms with E-state index in [0.717, 1.165) is 18.5 Å². The first-order chi connectivity index (χ1) is 7.98. The number of hydrogen-bond donors (Lipinski definition) is 2. The second-order valence-corrected chi connectivity index (χ2v) is 4.98. The second kappa shape index (κ2) is 4.47. The Morgan fingerprint density at radius 2 is 2.24 bits per heavy atom. The molecule has 0 aliphatic carbocycles. The molecule has 1 amide bonds. The monoisotopic (exact) mass is 234 g/mol. The number of nitrogens with two attached hydrogens (primary N) is 1. The lowest BCUT2D eigenvalue weighted by atomic mass is 10.1. The van der Waals surface area contributed by atoms with E-state index in [1.807, 2.05) is 25.1 Å². The topological polar surface area (TPSA) is 66.6 Å². The number of nitrogens with zero attached hydrogens (tertiary/aromatic N) is 1. The molecule has 3 N–H and O–H groups in total. The number of carbonyl (C=O) groups excluding carboxylic acids is 1. The maximum atomic E-state index is 11.3. The number of likely N-dealkylation sites (tertiary alicyclic amines) is 1. The Kier molecular flexibility index (Phi) is 3.17. The van der Waals surface area contributed by atoms with Crippen LogP contribution in [0.1, 0.15) is 29.3 Å². The van der Waals surface area contributed by atoms with Crippen LogP contribution in [0.4, 0.5) is 0 Å². The van der Waals surface area contributed by atoms with Crippen LogP contribution in [-0.4, -0.2) is 34.6 Å². The van der Waals surface area contributed by atoms with Gasteiger partial charge in [0.2, 0.25) is 5.91 Å². The predicted octanol–water partition coefficient (Wildman–Crippen LogP) is 0.742. The third-order valence-electron chi connectivity index (χ3n) is 3.21. The fourth-order valence-corrected chi connectivity index (χ4v) is 2.31. The van der Waals surface area contributed by atoms with Crippen molar-refractivity contribution in [2.75, 3.05) is 13.1 Å². The molecule has 0 aromatic heterocycles. The highest BCUT2D eigenvalue weighted by atomic mass is 16.3. The number of β-amino-alcohol motifs (C(OH)–C–C–N with tert-alkyl or cyclic N) is 1. The number of benzene rings is 1. The molecule has 4 heteroatoms. The molecule has 1 aromatic rings. The van der Waals surface area contributed by atoms with E-state index < -0.39 is 11.5 Å². The molecule has 1 saturated heterocycles. The average molecular weight is 234 g/mol. The maximum absolute atomic E-state index is 11.3. The minimum Gasteiger partial charge on any atom is -0.389 e. The third kappa shape index (κ3) is 2.84. The van der Waals surface area contributed by atoms with Crippen molar-refractivity contribution in [1.29, 1.82) is 0 Å². The van der Waals surface area contributed by atoms with Crippen molar-refractivity contribution in [3.63, 3.8) is 0 Å². The van der Waals surface area contributed by atoms with Gasteiger partial charge < -0.3 is 10.8 Å². The fraction of sp³-hybridized carbons (Fsp3) is 0.462. The second-order valence-electron chi connectivity index (χ2n) is 4.98. The molecule has 0 saturated carbocycles. The van der Waals surface area contributed by atoms with Crippen molar-refractivity contribution in [2.24, 2.45) is 5.73 Å². The van der Waals surface area contributed by atoms with Crippen molar-refractivity contribution >= 4 is 5.91 Å². The van der Waals surface area contributed by atoms with Crippen LogP contribution in [0.25, 0.3) is 0 Å². The summed E-state index contributed by atoms with van der Waals surface area (Å²) in [7, 11) is 0. The van der Waals surface area contributed by atoms with Gasteiger partial charge in [0.25, 0.3) is 0 Å². The molecular formula is C13H18N2O2. The van der Waals surface area contributed by atoms with Crippen LogP contribution in [0.5, 0.6) is 0 Å². The molecule has 1 aliphatic heterocycles. The number of amides is 1. The minimum atomic E-state index is -0.609. The average Bonchev–Trinajstić information content (AvgIpc) is 2.58. The Morgan fingerprint density at radius 3 is 2.82 bits per heavy atom. The summed E-state index contributed by atoms with van der Waals surface area (Å²) in [6, 6.07) is 7.36. The number of aliphatic hydroxyl groups is 1. The Hall–Kier alpha value is -1.39. The van der Waals surface area contributed by atoms with Crippen LogP contribution >= 0.6 is 0 Å². The predicted molar refractivity (Wildman–Crippen MR) is 65.5 cm³/mol. The summed E-state index contributed by atoms with van der Waals surface area (Å²) < 4.78 is 0. The lowest BCUT2D eigenvalue weighted by Crippen LogP contribution is -2.30. The Bertz CT molecular complexity index is 429. The first-order valence-electron chi connectivity index (χ1n) is 5.80. The maximum Gasteiger partial charge on any atom is 0.249 e. The first kappa shape index (κ1) is 12.1. The van der Waals surface area contributed by atoms with Gasteiger partial charge in [0.1, 0.15) is 0 Å². The highest BCUT2D eigenvalue weighted by Gasteiger charge is 2.31. The first-order valence-corrected chi connectivity index (χ1v) is 5.80. The van der Waals surface area contributed by atoms with Crippen molar-refractivity contribution in [3.05, 3.63) is 35.4 Å². The number of rotatable bonds is 3. The van der Waals surface area contributed by atoms with Crippen molar-refractivity contribution in [1.82, 2.24) is 4.90 Å². The zero-order chi connectivity index (χ0) is 12.5. The molecule has 0 spiro atoms. The summed E-state index contributed by atoms with van der Waals surface area (Å²) in [5.41, 5.74) is 6.22. The Balaban J connectivity index is 2.12. The lowest BCUT2D eigenvalue weighted by molar-refractivity contribution is 0.0679. The van der Waals surface area contributed by atoms with Crippen LogP contribution in [0.3, 0.4) is 0 Å². The van der Waals surface area contributed by atoms with Gasteiger partial charge in [0, 0.05) is 25.2 Å². The number of hydrogen-bond acceptors (Lipinski definition) is 3. The molecule has 1 aliphatic rings. The van der Waals surface area contributed by atoms with E-state index in [9.17, 15) is 9.90 Å². The van der Waals surface area contributed by atoms with E-state index in [1.54, 1.807) is 6.07 Å². The Labute approximate surface area is 101 Å². The van der Waals surface area contributed by atoms with Crippen LogP contribution in [-0.2, 0) is 6.54 Å². The van der Waals surface area contributed by atoms with Gasteiger partial charge in [-0.15, -0.1) is 0 Å². The van der Waals surface area contributed by atoms with Gasteiger partial charge in [-0.3, -0.25) is 9.69 Å². The van der Waals surface area contributed by atoms with E-state index in [4.69, 9.17) is 5.73 Å². The molecule has 0 radical (unpaired) electrons. The van der Waals surface area contributed by atoms with E-state index in [1.165, 1.54) is 0 Å². The van der Waals surface area contributed by atoms with Gasteiger partial charge >= 0.3 is 0 Å². The van der Waals surface area contributed by atoms with Crippen LogP contribution in [0.15, 0.2) is 24.3 Å². The van der Waals surface area contributed by atoms with Gasteiger partial charge in [-0.1, -0.05) is 18.2 Å². The van der Waals surface area contributed by atoms with Gasteiger partial charge in [0.15, 0.2) is 0 Å². The molecule has 0 bridgehead atoms. The molecule has 2 rings (SSSR count). The van der Waals surface area contributed by atoms with E-state index in [0.29, 0.717) is 18.7 Å². The molecule has 17 heavy (non-hydrogen) atoms. The molecular weight excluding hydrogens is 216 g/mol. The number of carbonyl (C=O) groups is 1. The van der Waals surface area contributed by atoms with Gasteiger partial charge in [-0.05, 0) is 25.0 Å². The van der Waals surface area contributed by atoms with Gasteiger partial charge in [0.05, 0.1) is 5.60 Å². The highest BCUT2D eigenvalue weighted by molar-refractivity contribution is 5.94. The van der Waals surface area contributed by atoms with Crippen molar-refractivity contribution in [2.45, 2.75) is 25.5 Å². The minimum absolute atomic E-state index is 0.397. The summed E-state index contributed by atoms with van der Waals surface area (Å²) >= 11 is 0. The normalized spacial score (nSPS) is 25.1. The van der Waals surface area contributed by atoms with E-state index in [-0.39, 0.29) is 0 Å². The molecule has 1 heterocycles. The fourth-order valence-electron chi connectivity index (χ4n) is 2.31. The van der Waals surface area contributed by atoms with Crippen molar-refractivity contribution < 1.29 is 9.90 Å². The SMILES string of the molecule is CC1(O)CCN(Cc2ccccc2C(N)=O)C1. The van der Waals surface area contributed by atoms with Gasteiger partial charge in [-0.2, -0.15) is 0 Å². The van der Waals surface area contributed by atoms with Gasteiger partial charge in [-0.25, -0.2) is 0 Å². The molecule has 1 fully saturated rings. The smallest absolute Gasteiger partial charge is 0.249 e. The lowest BCUT2D eigenvalue weighted by Gasteiger charge is -2.19. The van der Waals surface area contributed by atoms with Crippen molar-refractivity contribution in [3.8, 4) is 0 Å². The summed E-state index contributed by atoms with van der Waals surface area (Å²) in [6.07, 6.45) is 0.770. The molecule has 92 valence electrons. The van der Waals surface area contributed by atoms with Crippen LogP contribution < -0.4 is 5.73 Å².